The fourth-order valence-corrected chi connectivity index (χ4v) is 4.37. The first kappa shape index (κ1) is 23.1. The number of ether oxygens (including phenoxy) is 1. The van der Waals surface area contributed by atoms with Gasteiger partial charge in [0.05, 0.1) is 12.3 Å². The molecule has 0 bridgehead atoms. The smallest absolute Gasteiger partial charge is 0.411 e. The zero-order valence-electron chi connectivity index (χ0n) is 17.5. The maximum Gasteiger partial charge on any atom is 0.411 e. The molecule has 2 aromatic rings. The van der Waals surface area contributed by atoms with Crippen LogP contribution in [0.4, 0.5) is 13.6 Å². The van der Waals surface area contributed by atoms with Crippen LogP contribution in [-0.4, -0.2) is 38.8 Å². The van der Waals surface area contributed by atoms with Gasteiger partial charge in [-0.05, 0) is 55.2 Å². The van der Waals surface area contributed by atoms with Gasteiger partial charge in [0.15, 0.2) is 0 Å². The van der Waals surface area contributed by atoms with E-state index in [9.17, 15) is 22.0 Å². The van der Waals surface area contributed by atoms with Gasteiger partial charge in [0.1, 0.15) is 17.2 Å². The first-order chi connectivity index (χ1) is 14.6. The molecule has 31 heavy (non-hydrogen) atoms. The fraction of sp³-hybridized carbons (Fsp3) is 0.409. The third-order valence-corrected chi connectivity index (χ3v) is 6.31. The molecule has 2 atom stereocenters. The molecule has 168 valence electrons. The molecule has 6 nitrogen and oxygen atoms in total. The molecule has 0 spiro atoms. The van der Waals surface area contributed by atoms with E-state index in [1.165, 1.54) is 24.3 Å². The Morgan fingerprint density at radius 2 is 1.68 bits per heavy atom. The summed E-state index contributed by atoms with van der Waals surface area (Å²) in [4.78, 5) is 14.5. The maximum absolute atomic E-state index is 13.5. The minimum atomic E-state index is -3.32. The highest BCUT2D eigenvalue weighted by molar-refractivity contribution is 7.88. The summed E-state index contributed by atoms with van der Waals surface area (Å²) < 4.78 is 57.7. The standard InChI is InChI=1S/C22H26F2N2O4S/c1-16(17-4-8-19(23)9-5-17)26-15-13-22(30-21(26)27,12-3-14-25-31(2,28)29)18-6-10-20(24)11-7-18/h4-11,16,25H,3,12-15H2,1-2H3/t16-,22+/m0/s1. The number of sulfonamides is 1. The number of benzene rings is 2. The molecule has 0 radical (unpaired) electrons. The first-order valence-corrected chi connectivity index (χ1v) is 11.9. The van der Waals surface area contributed by atoms with Gasteiger partial charge < -0.3 is 9.64 Å². The van der Waals surface area contributed by atoms with Crippen LogP contribution in [0, 0.1) is 11.6 Å². The largest absolute Gasteiger partial charge is 0.438 e. The third-order valence-electron chi connectivity index (χ3n) is 5.59. The lowest BCUT2D eigenvalue weighted by molar-refractivity contribution is -0.0662. The normalized spacial score (nSPS) is 20.4. The van der Waals surface area contributed by atoms with Crippen molar-refractivity contribution in [3.05, 3.63) is 71.3 Å². The molecule has 9 heteroatoms. The van der Waals surface area contributed by atoms with Gasteiger partial charge in [-0.15, -0.1) is 0 Å². The van der Waals surface area contributed by atoms with Crippen molar-refractivity contribution in [2.24, 2.45) is 0 Å². The van der Waals surface area contributed by atoms with Gasteiger partial charge in [0.2, 0.25) is 10.0 Å². The lowest BCUT2D eigenvalue weighted by atomic mass is 9.84. The Hall–Kier alpha value is -2.52. The van der Waals surface area contributed by atoms with Crippen molar-refractivity contribution >= 4 is 16.1 Å². The Morgan fingerprint density at radius 3 is 2.23 bits per heavy atom. The second-order valence-corrected chi connectivity index (χ2v) is 9.64. The van der Waals surface area contributed by atoms with Crippen molar-refractivity contribution in [3.8, 4) is 0 Å². The highest BCUT2D eigenvalue weighted by Gasteiger charge is 2.43. The number of carbonyl (C=O) groups excluding carboxylic acids is 1. The second-order valence-electron chi connectivity index (χ2n) is 7.81. The number of cyclic esters (lactones) is 1. The molecule has 1 amide bonds. The monoisotopic (exact) mass is 452 g/mol. The van der Waals surface area contributed by atoms with Crippen LogP contribution in [-0.2, 0) is 20.4 Å². The third kappa shape index (κ3) is 5.80. The summed E-state index contributed by atoms with van der Waals surface area (Å²) >= 11 is 0. The summed E-state index contributed by atoms with van der Waals surface area (Å²) in [5.41, 5.74) is 0.462. The molecular formula is C22H26F2N2O4S. The summed E-state index contributed by atoms with van der Waals surface area (Å²) in [5.74, 6) is -0.749. The second kappa shape index (κ2) is 9.32. The van der Waals surface area contributed by atoms with Gasteiger partial charge in [-0.1, -0.05) is 24.3 Å². The van der Waals surface area contributed by atoms with Gasteiger partial charge in [0.25, 0.3) is 0 Å². The Bertz CT molecular complexity index is 1010. The zero-order chi connectivity index (χ0) is 22.6. The number of carbonyl (C=O) groups is 1. The molecule has 0 saturated carbocycles. The van der Waals surface area contributed by atoms with Crippen molar-refractivity contribution in [1.29, 1.82) is 0 Å². The highest BCUT2D eigenvalue weighted by Crippen LogP contribution is 2.40. The fourth-order valence-electron chi connectivity index (χ4n) is 3.85. The molecule has 0 aromatic heterocycles. The molecule has 3 rings (SSSR count). The Balaban J connectivity index is 1.78. The van der Waals surface area contributed by atoms with E-state index in [4.69, 9.17) is 4.74 Å². The number of nitrogens with one attached hydrogen (secondary N) is 1. The molecule has 1 N–H and O–H groups in total. The van der Waals surface area contributed by atoms with E-state index in [2.05, 4.69) is 4.72 Å². The molecule has 0 unspecified atom stereocenters. The Morgan fingerprint density at radius 1 is 1.10 bits per heavy atom. The number of amides is 1. The van der Waals surface area contributed by atoms with Crippen molar-refractivity contribution in [2.75, 3.05) is 19.3 Å². The molecule has 1 aliphatic heterocycles. The maximum atomic E-state index is 13.5. The highest BCUT2D eigenvalue weighted by atomic mass is 32.2. The van der Waals surface area contributed by atoms with Crippen LogP contribution in [0.3, 0.4) is 0 Å². The van der Waals surface area contributed by atoms with Gasteiger partial charge >= 0.3 is 6.09 Å². The number of hydrogen-bond acceptors (Lipinski definition) is 4. The van der Waals surface area contributed by atoms with E-state index in [0.29, 0.717) is 31.4 Å². The predicted octanol–water partition coefficient (Wildman–Crippen LogP) is 4.09. The summed E-state index contributed by atoms with van der Waals surface area (Å²) in [6.45, 7) is 2.43. The summed E-state index contributed by atoms with van der Waals surface area (Å²) in [6, 6.07) is 11.4. The van der Waals surface area contributed by atoms with E-state index in [1.807, 2.05) is 6.92 Å². The van der Waals surface area contributed by atoms with E-state index in [1.54, 1.807) is 29.2 Å². The molecule has 0 aliphatic carbocycles. The van der Waals surface area contributed by atoms with E-state index >= 15 is 0 Å². The van der Waals surface area contributed by atoms with Crippen LogP contribution < -0.4 is 4.72 Å². The predicted molar refractivity (Wildman–Crippen MR) is 113 cm³/mol. The SMILES string of the molecule is C[C@@H](c1ccc(F)cc1)N1CC[C@](CCCNS(C)(=O)=O)(c2ccc(F)cc2)OC1=O. The van der Waals surface area contributed by atoms with Gasteiger partial charge in [-0.3, -0.25) is 0 Å². The van der Waals surface area contributed by atoms with Gasteiger partial charge in [-0.2, -0.15) is 0 Å². The van der Waals surface area contributed by atoms with Crippen molar-refractivity contribution in [1.82, 2.24) is 9.62 Å². The van der Waals surface area contributed by atoms with Crippen LogP contribution in [0.1, 0.15) is 43.4 Å². The topological polar surface area (TPSA) is 75.7 Å². The summed E-state index contributed by atoms with van der Waals surface area (Å²) in [5, 5.41) is 0. The summed E-state index contributed by atoms with van der Waals surface area (Å²) in [7, 11) is -3.32. The summed E-state index contributed by atoms with van der Waals surface area (Å²) in [6.07, 6.45) is 1.83. The molecule has 2 aromatic carbocycles. The van der Waals surface area contributed by atoms with Crippen LogP contribution >= 0.6 is 0 Å². The number of halogens is 2. The average molecular weight is 453 g/mol. The van der Waals surface area contributed by atoms with Crippen molar-refractivity contribution in [3.63, 3.8) is 0 Å². The van der Waals surface area contributed by atoms with Gasteiger partial charge in [-0.25, -0.2) is 26.7 Å². The van der Waals surface area contributed by atoms with E-state index in [0.717, 1.165) is 11.8 Å². The van der Waals surface area contributed by atoms with Crippen molar-refractivity contribution < 1.29 is 26.7 Å². The first-order valence-electron chi connectivity index (χ1n) is 10.1. The lowest BCUT2D eigenvalue weighted by Gasteiger charge is -2.43. The lowest BCUT2D eigenvalue weighted by Crippen LogP contribution is -2.49. The minimum Gasteiger partial charge on any atom is -0.438 e. The quantitative estimate of drug-likeness (QED) is 0.612. The minimum absolute atomic E-state index is 0.203. The molecule has 1 saturated heterocycles. The van der Waals surface area contributed by atoms with Crippen LogP contribution in [0.2, 0.25) is 0 Å². The van der Waals surface area contributed by atoms with E-state index in [-0.39, 0.29) is 18.4 Å². The van der Waals surface area contributed by atoms with Crippen LogP contribution in [0.15, 0.2) is 48.5 Å². The van der Waals surface area contributed by atoms with Gasteiger partial charge in [0, 0.05) is 19.5 Å². The molecule has 1 aliphatic rings. The molecule has 1 fully saturated rings. The number of rotatable bonds is 8. The van der Waals surface area contributed by atoms with Crippen molar-refractivity contribution in [2.45, 2.75) is 37.8 Å². The zero-order valence-corrected chi connectivity index (χ0v) is 18.3. The van der Waals surface area contributed by atoms with Crippen LogP contribution in [0.5, 0.6) is 0 Å². The number of hydrogen-bond donors (Lipinski definition) is 1. The Kier molecular flexibility index (Phi) is 6.96. The Labute approximate surface area is 181 Å². The number of nitrogens with zero attached hydrogens (tertiary/aromatic N) is 1. The molecule has 1 heterocycles. The average Bonchev–Trinajstić information content (AvgIpc) is 2.71. The van der Waals surface area contributed by atoms with E-state index < -0.39 is 27.5 Å². The van der Waals surface area contributed by atoms with Crippen LogP contribution in [0.25, 0.3) is 0 Å². The molecular weight excluding hydrogens is 426 g/mol.